The van der Waals surface area contributed by atoms with Crippen molar-refractivity contribution < 1.29 is 19.0 Å². The molecule has 0 aromatic heterocycles. The quantitative estimate of drug-likeness (QED) is 0.560. The zero-order valence-corrected chi connectivity index (χ0v) is 10.3. The van der Waals surface area contributed by atoms with E-state index < -0.39 is 0 Å². The summed E-state index contributed by atoms with van der Waals surface area (Å²) in [6.07, 6.45) is 8.58. The van der Waals surface area contributed by atoms with E-state index >= 15 is 0 Å². The molecule has 0 N–H and O–H groups in total. The smallest absolute Gasteiger partial charge is 0.330 e. The van der Waals surface area contributed by atoms with Gasteiger partial charge in [-0.15, -0.1) is 0 Å². The van der Waals surface area contributed by atoms with Gasteiger partial charge in [0, 0.05) is 18.9 Å². The Labute approximate surface area is 102 Å². The molecule has 1 saturated heterocycles. The van der Waals surface area contributed by atoms with Crippen LogP contribution >= 0.6 is 0 Å². The molecule has 0 radical (unpaired) electrons. The van der Waals surface area contributed by atoms with Crippen LogP contribution in [-0.2, 0) is 19.0 Å². The Hall–Kier alpha value is -0.870. The van der Waals surface area contributed by atoms with Crippen LogP contribution < -0.4 is 0 Å². The third-order valence-electron chi connectivity index (χ3n) is 3.23. The molecule has 2 fully saturated rings. The van der Waals surface area contributed by atoms with E-state index in [2.05, 4.69) is 0 Å². The van der Waals surface area contributed by atoms with Crippen molar-refractivity contribution in [3.8, 4) is 0 Å². The summed E-state index contributed by atoms with van der Waals surface area (Å²) in [7, 11) is 0. The molecule has 96 valence electrons. The fourth-order valence-corrected chi connectivity index (χ4v) is 2.40. The van der Waals surface area contributed by atoms with Crippen molar-refractivity contribution in [2.45, 2.75) is 50.9 Å². The van der Waals surface area contributed by atoms with Crippen LogP contribution in [-0.4, -0.2) is 31.1 Å². The molecule has 1 heterocycles. The molecule has 4 heteroatoms. The average molecular weight is 240 g/mol. The maximum atomic E-state index is 11.2. The second kappa shape index (κ2) is 5.65. The van der Waals surface area contributed by atoms with Gasteiger partial charge < -0.3 is 14.2 Å². The van der Waals surface area contributed by atoms with E-state index in [9.17, 15) is 4.79 Å². The number of rotatable bonds is 3. The number of hydrogen-bond acceptors (Lipinski definition) is 4. The van der Waals surface area contributed by atoms with Crippen LogP contribution in [0.4, 0.5) is 0 Å². The van der Waals surface area contributed by atoms with E-state index in [1.54, 1.807) is 13.0 Å². The monoisotopic (exact) mass is 240 g/mol. The Balaban J connectivity index is 1.83. The summed E-state index contributed by atoms with van der Waals surface area (Å²) in [5.41, 5.74) is 0. The summed E-state index contributed by atoms with van der Waals surface area (Å²) in [6, 6.07) is 0. The van der Waals surface area contributed by atoms with Gasteiger partial charge in [0.15, 0.2) is 5.79 Å². The van der Waals surface area contributed by atoms with Gasteiger partial charge in [-0.2, -0.15) is 0 Å². The van der Waals surface area contributed by atoms with Crippen LogP contribution in [0.5, 0.6) is 0 Å². The second-order valence-electron chi connectivity index (χ2n) is 4.55. The summed E-state index contributed by atoms with van der Waals surface area (Å²) in [6.45, 7) is 2.73. The Morgan fingerprint density at radius 1 is 1.41 bits per heavy atom. The lowest BCUT2D eigenvalue weighted by atomic mass is 9.94. The van der Waals surface area contributed by atoms with Gasteiger partial charge in [0.25, 0.3) is 0 Å². The number of esters is 1. The van der Waals surface area contributed by atoms with Crippen LogP contribution in [0.15, 0.2) is 12.2 Å². The van der Waals surface area contributed by atoms with Crippen LogP contribution in [0, 0.1) is 0 Å². The zero-order valence-electron chi connectivity index (χ0n) is 10.3. The summed E-state index contributed by atoms with van der Waals surface area (Å²) in [4.78, 5) is 11.2. The predicted molar refractivity (Wildman–Crippen MR) is 62.4 cm³/mol. The first kappa shape index (κ1) is 12.6. The summed E-state index contributed by atoms with van der Waals surface area (Å²) >= 11 is 0. The normalized spacial score (nSPS) is 27.7. The van der Waals surface area contributed by atoms with E-state index in [-0.39, 0.29) is 17.9 Å². The topological polar surface area (TPSA) is 44.8 Å². The lowest BCUT2D eigenvalue weighted by Crippen LogP contribution is -2.33. The molecule has 1 saturated carbocycles. The Morgan fingerprint density at radius 3 is 2.88 bits per heavy atom. The maximum absolute atomic E-state index is 11.2. The summed E-state index contributed by atoms with van der Waals surface area (Å²) in [5.74, 6) is -0.692. The van der Waals surface area contributed by atoms with Crippen molar-refractivity contribution in [3.63, 3.8) is 0 Å². The van der Waals surface area contributed by atoms with Crippen molar-refractivity contribution in [1.82, 2.24) is 0 Å². The van der Waals surface area contributed by atoms with E-state index in [4.69, 9.17) is 14.2 Å². The van der Waals surface area contributed by atoms with E-state index in [0.29, 0.717) is 13.2 Å². The van der Waals surface area contributed by atoms with Gasteiger partial charge >= 0.3 is 5.97 Å². The highest BCUT2D eigenvalue weighted by atomic mass is 16.7. The van der Waals surface area contributed by atoms with Crippen LogP contribution in [0.2, 0.25) is 0 Å². The van der Waals surface area contributed by atoms with Crippen LogP contribution in [0.1, 0.15) is 39.0 Å². The molecular formula is C13H20O4. The lowest BCUT2D eigenvalue weighted by molar-refractivity contribution is -0.183. The minimum absolute atomic E-state index is 0.113. The zero-order chi connectivity index (χ0) is 12.1. The van der Waals surface area contributed by atoms with Crippen molar-refractivity contribution in [2.75, 3.05) is 13.2 Å². The molecule has 17 heavy (non-hydrogen) atoms. The molecule has 2 rings (SSSR count). The third kappa shape index (κ3) is 3.30. The van der Waals surface area contributed by atoms with E-state index in [0.717, 1.165) is 25.7 Å². The van der Waals surface area contributed by atoms with Gasteiger partial charge in [-0.1, -0.05) is 6.42 Å². The number of carbonyl (C=O) groups is 1. The Morgan fingerprint density at radius 2 is 2.18 bits per heavy atom. The van der Waals surface area contributed by atoms with Gasteiger partial charge in [-0.25, -0.2) is 4.79 Å². The molecule has 0 aromatic carbocycles. The highest BCUT2D eigenvalue weighted by Gasteiger charge is 2.41. The largest absolute Gasteiger partial charge is 0.463 e. The fraction of sp³-hybridized carbons (Fsp3) is 0.769. The first-order valence-electron chi connectivity index (χ1n) is 6.41. The standard InChI is InChI=1S/C13H20O4/c1-2-15-12(14)7-6-11-10-16-13(17-11)8-4-3-5-9-13/h6-7,11H,2-5,8-10H2,1H3/b7-6+/t11-/m0/s1. The molecule has 4 nitrogen and oxygen atoms in total. The third-order valence-corrected chi connectivity index (χ3v) is 3.23. The summed E-state index contributed by atoms with van der Waals surface area (Å²) < 4.78 is 16.5. The Bertz CT molecular complexity index is 292. The second-order valence-corrected chi connectivity index (χ2v) is 4.55. The molecule has 0 bridgehead atoms. The van der Waals surface area contributed by atoms with Crippen LogP contribution in [0.25, 0.3) is 0 Å². The van der Waals surface area contributed by atoms with Crippen molar-refractivity contribution in [3.05, 3.63) is 12.2 Å². The van der Waals surface area contributed by atoms with E-state index in [1.165, 1.54) is 12.5 Å². The highest BCUT2D eigenvalue weighted by molar-refractivity contribution is 5.81. The molecule has 0 aromatic rings. The van der Waals surface area contributed by atoms with Gasteiger partial charge in [0.1, 0.15) is 6.10 Å². The van der Waals surface area contributed by atoms with Gasteiger partial charge in [-0.3, -0.25) is 0 Å². The fourth-order valence-electron chi connectivity index (χ4n) is 2.40. The first-order valence-corrected chi connectivity index (χ1v) is 6.41. The Kier molecular flexibility index (Phi) is 4.18. The lowest BCUT2D eigenvalue weighted by Gasteiger charge is -2.31. The molecule has 1 atom stereocenters. The molecule has 0 unspecified atom stereocenters. The molecular weight excluding hydrogens is 220 g/mol. The summed E-state index contributed by atoms with van der Waals surface area (Å²) in [5, 5.41) is 0. The van der Waals surface area contributed by atoms with Crippen molar-refractivity contribution in [1.29, 1.82) is 0 Å². The number of ether oxygens (including phenoxy) is 3. The molecule has 1 aliphatic heterocycles. The molecule has 0 amide bonds. The van der Waals surface area contributed by atoms with Crippen molar-refractivity contribution >= 4 is 5.97 Å². The van der Waals surface area contributed by atoms with Crippen molar-refractivity contribution in [2.24, 2.45) is 0 Å². The maximum Gasteiger partial charge on any atom is 0.330 e. The number of hydrogen-bond donors (Lipinski definition) is 0. The predicted octanol–water partition coefficient (Wildman–Crippen LogP) is 2.18. The number of carbonyl (C=O) groups excluding carboxylic acids is 1. The molecule has 2 aliphatic rings. The minimum Gasteiger partial charge on any atom is -0.463 e. The van der Waals surface area contributed by atoms with Gasteiger partial charge in [0.2, 0.25) is 0 Å². The van der Waals surface area contributed by atoms with Crippen LogP contribution in [0.3, 0.4) is 0 Å². The van der Waals surface area contributed by atoms with Gasteiger partial charge in [0.05, 0.1) is 13.2 Å². The first-order chi connectivity index (χ1) is 8.24. The highest BCUT2D eigenvalue weighted by Crippen LogP contribution is 2.37. The molecule has 1 aliphatic carbocycles. The molecule has 1 spiro atoms. The SMILES string of the molecule is CCOC(=O)/C=C/[C@H]1COC2(CCCCC2)O1. The van der Waals surface area contributed by atoms with Gasteiger partial charge in [-0.05, 0) is 25.8 Å². The van der Waals surface area contributed by atoms with E-state index in [1.807, 2.05) is 0 Å². The minimum atomic E-state index is -0.373. The average Bonchev–Trinajstić information content (AvgIpc) is 2.71.